The van der Waals surface area contributed by atoms with Crippen LogP contribution in [0, 0.1) is 6.92 Å². The highest BCUT2D eigenvalue weighted by molar-refractivity contribution is 9.10. The van der Waals surface area contributed by atoms with Crippen molar-refractivity contribution in [2.75, 3.05) is 13.7 Å². The SMILES string of the molecule is COc1ccc([C@H](C)NCC(=O)NCc2ccccc2C)cc1Br. The van der Waals surface area contributed by atoms with Gasteiger partial charge in [0.25, 0.3) is 0 Å². The minimum absolute atomic E-state index is 0.0160. The Balaban J connectivity index is 1.83. The Morgan fingerprint density at radius 2 is 2.00 bits per heavy atom. The van der Waals surface area contributed by atoms with Crippen LogP contribution in [0.5, 0.6) is 5.75 Å². The molecule has 1 atom stereocenters. The van der Waals surface area contributed by atoms with Crippen molar-refractivity contribution in [3.8, 4) is 5.75 Å². The molecule has 0 radical (unpaired) electrons. The Hall–Kier alpha value is -1.85. The molecule has 2 aromatic rings. The number of ether oxygens (including phenoxy) is 1. The van der Waals surface area contributed by atoms with Gasteiger partial charge in [-0.3, -0.25) is 4.79 Å². The summed E-state index contributed by atoms with van der Waals surface area (Å²) in [4.78, 5) is 12.0. The third-order valence-electron chi connectivity index (χ3n) is 3.98. The van der Waals surface area contributed by atoms with E-state index in [2.05, 4.69) is 26.6 Å². The summed E-state index contributed by atoms with van der Waals surface area (Å²) in [5.74, 6) is 0.777. The topological polar surface area (TPSA) is 50.4 Å². The van der Waals surface area contributed by atoms with Crippen LogP contribution in [0.25, 0.3) is 0 Å². The summed E-state index contributed by atoms with van der Waals surface area (Å²) in [5.41, 5.74) is 3.41. The number of hydrogen-bond donors (Lipinski definition) is 2. The quantitative estimate of drug-likeness (QED) is 0.756. The van der Waals surface area contributed by atoms with Crippen LogP contribution < -0.4 is 15.4 Å². The number of amides is 1. The largest absolute Gasteiger partial charge is 0.496 e. The number of benzene rings is 2. The number of rotatable bonds is 7. The highest BCUT2D eigenvalue weighted by Crippen LogP contribution is 2.27. The van der Waals surface area contributed by atoms with Crippen molar-refractivity contribution in [2.24, 2.45) is 0 Å². The molecular formula is C19H23BrN2O2. The Bertz CT molecular complexity index is 704. The van der Waals surface area contributed by atoms with E-state index >= 15 is 0 Å². The number of halogens is 1. The van der Waals surface area contributed by atoms with Crippen molar-refractivity contribution in [1.82, 2.24) is 10.6 Å². The van der Waals surface area contributed by atoms with Gasteiger partial charge in [0.05, 0.1) is 18.1 Å². The normalized spacial score (nSPS) is 11.8. The zero-order valence-electron chi connectivity index (χ0n) is 14.2. The number of carbonyl (C=O) groups is 1. The second kappa shape index (κ2) is 8.85. The first kappa shape index (κ1) is 18.5. The summed E-state index contributed by atoms with van der Waals surface area (Å²) in [6.07, 6.45) is 0. The summed E-state index contributed by atoms with van der Waals surface area (Å²) in [6, 6.07) is 14.0. The van der Waals surface area contributed by atoms with Crippen molar-refractivity contribution in [2.45, 2.75) is 26.4 Å². The fourth-order valence-electron chi connectivity index (χ4n) is 2.38. The molecule has 0 aliphatic carbocycles. The van der Waals surface area contributed by atoms with E-state index in [4.69, 9.17) is 4.74 Å². The van der Waals surface area contributed by atoms with Gasteiger partial charge in [0.2, 0.25) is 5.91 Å². The van der Waals surface area contributed by atoms with Gasteiger partial charge in [-0.15, -0.1) is 0 Å². The molecule has 0 heterocycles. The fraction of sp³-hybridized carbons (Fsp3) is 0.316. The van der Waals surface area contributed by atoms with Crippen molar-refractivity contribution >= 4 is 21.8 Å². The summed E-state index contributed by atoms with van der Waals surface area (Å²) in [7, 11) is 1.64. The molecule has 4 nitrogen and oxygen atoms in total. The van der Waals surface area contributed by atoms with Gasteiger partial charge in [0.1, 0.15) is 5.75 Å². The van der Waals surface area contributed by atoms with Gasteiger partial charge in [0.15, 0.2) is 0 Å². The molecule has 0 spiro atoms. The van der Waals surface area contributed by atoms with Gasteiger partial charge in [-0.1, -0.05) is 30.3 Å². The molecule has 1 amide bonds. The molecular weight excluding hydrogens is 368 g/mol. The smallest absolute Gasteiger partial charge is 0.234 e. The lowest BCUT2D eigenvalue weighted by atomic mass is 10.1. The minimum atomic E-state index is -0.0160. The standard InChI is InChI=1S/C19H23BrN2O2/c1-13-6-4-5-7-16(13)11-22-19(23)12-21-14(2)15-8-9-18(24-3)17(20)10-15/h4-10,14,21H,11-12H2,1-3H3,(H,22,23)/t14-/m0/s1. The van der Waals surface area contributed by atoms with Crippen LogP contribution in [0.3, 0.4) is 0 Å². The van der Waals surface area contributed by atoms with Gasteiger partial charge < -0.3 is 15.4 Å². The van der Waals surface area contributed by atoms with E-state index in [0.717, 1.165) is 21.3 Å². The van der Waals surface area contributed by atoms with Crippen molar-refractivity contribution in [3.63, 3.8) is 0 Å². The molecule has 0 fully saturated rings. The second-order valence-electron chi connectivity index (χ2n) is 5.70. The van der Waals surface area contributed by atoms with Crippen molar-refractivity contribution < 1.29 is 9.53 Å². The third kappa shape index (κ3) is 5.08. The maximum Gasteiger partial charge on any atom is 0.234 e. The van der Waals surface area contributed by atoms with Crippen LogP contribution in [0.1, 0.15) is 29.7 Å². The molecule has 0 saturated heterocycles. The Morgan fingerprint density at radius 1 is 1.25 bits per heavy atom. The van der Waals surface area contributed by atoms with E-state index in [0.29, 0.717) is 6.54 Å². The maximum atomic E-state index is 12.0. The van der Waals surface area contributed by atoms with E-state index in [-0.39, 0.29) is 18.5 Å². The number of aryl methyl sites for hydroxylation is 1. The highest BCUT2D eigenvalue weighted by atomic mass is 79.9. The van der Waals surface area contributed by atoms with Crippen molar-refractivity contribution in [1.29, 1.82) is 0 Å². The highest BCUT2D eigenvalue weighted by Gasteiger charge is 2.10. The first-order valence-corrected chi connectivity index (χ1v) is 8.68. The molecule has 0 bridgehead atoms. The predicted molar refractivity (Wildman–Crippen MR) is 100 cm³/mol. The molecule has 0 unspecified atom stereocenters. The number of methoxy groups -OCH3 is 1. The fourth-order valence-corrected chi connectivity index (χ4v) is 2.94. The molecule has 2 rings (SSSR count). The van der Waals surface area contributed by atoms with Gasteiger partial charge in [-0.2, -0.15) is 0 Å². The van der Waals surface area contributed by atoms with E-state index in [1.165, 1.54) is 5.56 Å². The zero-order valence-corrected chi connectivity index (χ0v) is 15.8. The molecule has 0 aromatic heterocycles. The summed E-state index contributed by atoms with van der Waals surface area (Å²) in [5, 5.41) is 6.19. The van der Waals surface area contributed by atoms with Crippen LogP contribution in [0.15, 0.2) is 46.9 Å². The van der Waals surface area contributed by atoms with Crippen molar-refractivity contribution in [3.05, 3.63) is 63.6 Å². The summed E-state index contributed by atoms with van der Waals surface area (Å²) >= 11 is 3.48. The lowest BCUT2D eigenvalue weighted by Crippen LogP contribution is -2.34. The third-order valence-corrected chi connectivity index (χ3v) is 4.60. The van der Waals surface area contributed by atoms with Gasteiger partial charge >= 0.3 is 0 Å². The molecule has 128 valence electrons. The Morgan fingerprint density at radius 3 is 2.67 bits per heavy atom. The van der Waals surface area contributed by atoms with E-state index in [1.54, 1.807) is 7.11 Å². The first-order valence-electron chi connectivity index (χ1n) is 7.89. The van der Waals surface area contributed by atoms with E-state index < -0.39 is 0 Å². The molecule has 2 aromatic carbocycles. The number of carbonyl (C=O) groups excluding carboxylic acids is 1. The Labute approximate surface area is 151 Å². The summed E-state index contributed by atoms with van der Waals surface area (Å²) in [6.45, 7) is 4.90. The van der Waals surface area contributed by atoms with Gasteiger partial charge in [-0.25, -0.2) is 0 Å². The van der Waals surface area contributed by atoms with Crippen LogP contribution >= 0.6 is 15.9 Å². The Kier molecular flexibility index (Phi) is 6.82. The maximum absolute atomic E-state index is 12.0. The lowest BCUT2D eigenvalue weighted by Gasteiger charge is -2.16. The molecule has 5 heteroatoms. The predicted octanol–water partition coefficient (Wildman–Crippen LogP) is 3.73. The molecule has 0 aliphatic heterocycles. The van der Waals surface area contributed by atoms with Crippen LogP contribution in [0.4, 0.5) is 0 Å². The molecule has 0 saturated carbocycles. The van der Waals surface area contributed by atoms with Crippen LogP contribution in [0.2, 0.25) is 0 Å². The monoisotopic (exact) mass is 390 g/mol. The molecule has 0 aliphatic rings. The first-order chi connectivity index (χ1) is 11.5. The van der Waals surface area contributed by atoms with E-state index in [1.807, 2.05) is 56.3 Å². The summed E-state index contributed by atoms with van der Waals surface area (Å²) < 4.78 is 6.13. The van der Waals surface area contributed by atoms with Gasteiger partial charge in [-0.05, 0) is 58.6 Å². The van der Waals surface area contributed by atoms with Gasteiger partial charge in [0, 0.05) is 12.6 Å². The lowest BCUT2D eigenvalue weighted by molar-refractivity contribution is -0.120. The zero-order chi connectivity index (χ0) is 17.5. The number of hydrogen-bond acceptors (Lipinski definition) is 3. The molecule has 2 N–H and O–H groups in total. The molecule has 24 heavy (non-hydrogen) atoms. The van der Waals surface area contributed by atoms with E-state index in [9.17, 15) is 4.79 Å². The van der Waals surface area contributed by atoms with Crippen LogP contribution in [-0.4, -0.2) is 19.6 Å². The second-order valence-corrected chi connectivity index (χ2v) is 6.55. The average molecular weight is 391 g/mol. The van der Waals surface area contributed by atoms with Crippen LogP contribution in [-0.2, 0) is 11.3 Å². The number of nitrogens with one attached hydrogen (secondary N) is 2. The average Bonchev–Trinajstić information content (AvgIpc) is 2.58. The minimum Gasteiger partial charge on any atom is -0.496 e.